The third kappa shape index (κ3) is 2.25. The lowest BCUT2D eigenvalue weighted by molar-refractivity contribution is 0.602. The van der Waals surface area contributed by atoms with Crippen molar-refractivity contribution in [3.05, 3.63) is 48.3 Å². The smallest absolute Gasteiger partial charge is 0.205 e. The van der Waals surface area contributed by atoms with Crippen LogP contribution in [0.5, 0.6) is 0 Å². The van der Waals surface area contributed by atoms with Gasteiger partial charge in [-0.1, -0.05) is 12.1 Å². The van der Waals surface area contributed by atoms with Gasteiger partial charge in [0.2, 0.25) is 5.95 Å². The molecule has 0 spiro atoms. The van der Waals surface area contributed by atoms with E-state index in [0.29, 0.717) is 11.2 Å². The lowest BCUT2D eigenvalue weighted by Gasteiger charge is -2.06. The Morgan fingerprint density at radius 1 is 1.19 bits per heavy atom. The molecular weight excluding hydrogens is 293 g/mol. The van der Waals surface area contributed by atoms with Crippen LogP contribution in [0.15, 0.2) is 47.4 Å². The number of hydrogen-bond acceptors (Lipinski definition) is 4. The van der Waals surface area contributed by atoms with Gasteiger partial charge in [-0.3, -0.25) is 4.57 Å². The molecule has 7 heteroatoms. The Balaban J connectivity index is 2.38. The number of benzene rings is 2. The Morgan fingerprint density at radius 3 is 2.57 bits per heavy atom. The molecule has 3 rings (SSSR count). The van der Waals surface area contributed by atoms with E-state index in [2.05, 4.69) is 4.98 Å². The Labute approximate surface area is 120 Å². The van der Waals surface area contributed by atoms with Crippen molar-refractivity contribution in [1.82, 2.24) is 9.55 Å². The highest BCUT2D eigenvalue weighted by Gasteiger charge is 2.18. The Bertz CT molecular complexity index is 948. The lowest BCUT2D eigenvalue weighted by atomic mass is 10.2. The van der Waals surface area contributed by atoms with Crippen LogP contribution >= 0.6 is 0 Å². The van der Waals surface area contributed by atoms with Crippen LogP contribution in [-0.2, 0) is 9.84 Å². The second-order valence-electron chi connectivity index (χ2n) is 4.68. The molecule has 0 saturated heterocycles. The molecule has 5 nitrogen and oxygen atoms in total. The molecule has 1 aromatic heterocycles. The quantitative estimate of drug-likeness (QED) is 0.787. The Hall–Kier alpha value is -2.41. The zero-order valence-electron chi connectivity index (χ0n) is 11.1. The first kappa shape index (κ1) is 13.6. The SMILES string of the molecule is CS(=O)(=O)c1cccc2c1nc(N)n2-c1cccc(F)c1. The molecule has 0 saturated carbocycles. The van der Waals surface area contributed by atoms with Crippen molar-refractivity contribution < 1.29 is 12.8 Å². The molecule has 1 heterocycles. The minimum absolute atomic E-state index is 0.0989. The maximum Gasteiger partial charge on any atom is 0.205 e. The molecule has 0 radical (unpaired) electrons. The van der Waals surface area contributed by atoms with Gasteiger partial charge in [0.1, 0.15) is 11.3 Å². The highest BCUT2D eigenvalue weighted by molar-refractivity contribution is 7.91. The predicted molar refractivity (Wildman–Crippen MR) is 78.6 cm³/mol. The Morgan fingerprint density at radius 2 is 1.90 bits per heavy atom. The van der Waals surface area contributed by atoms with Crippen LogP contribution in [0.3, 0.4) is 0 Å². The maximum absolute atomic E-state index is 13.4. The molecule has 108 valence electrons. The number of rotatable bonds is 2. The first-order chi connectivity index (χ1) is 9.88. The molecule has 0 aliphatic heterocycles. The van der Waals surface area contributed by atoms with E-state index in [0.717, 1.165) is 6.26 Å². The van der Waals surface area contributed by atoms with Crippen molar-refractivity contribution in [2.24, 2.45) is 0 Å². The van der Waals surface area contributed by atoms with Crippen LogP contribution in [0.25, 0.3) is 16.7 Å². The predicted octanol–water partition coefficient (Wildman–Crippen LogP) is 2.15. The molecule has 0 aliphatic rings. The molecule has 3 aromatic rings. The van der Waals surface area contributed by atoms with Gasteiger partial charge in [-0.2, -0.15) is 0 Å². The molecule has 2 N–H and O–H groups in total. The molecule has 0 aliphatic carbocycles. The number of para-hydroxylation sites is 1. The van der Waals surface area contributed by atoms with Crippen LogP contribution in [0.1, 0.15) is 0 Å². The minimum Gasteiger partial charge on any atom is -0.369 e. The molecule has 0 amide bonds. The van der Waals surface area contributed by atoms with Crippen LogP contribution < -0.4 is 5.73 Å². The fourth-order valence-electron chi connectivity index (χ4n) is 2.28. The summed E-state index contributed by atoms with van der Waals surface area (Å²) < 4.78 is 38.5. The van der Waals surface area contributed by atoms with E-state index in [1.165, 1.54) is 22.8 Å². The van der Waals surface area contributed by atoms with E-state index in [-0.39, 0.29) is 16.4 Å². The van der Waals surface area contributed by atoms with Crippen molar-refractivity contribution in [3.63, 3.8) is 0 Å². The largest absolute Gasteiger partial charge is 0.369 e. The van der Waals surface area contributed by atoms with E-state index in [9.17, 15) is 12.8 Å². The van der Waals surface area contributed by atoms with Crippen molar-refractivity contribution in [2.45, 2.75) is 4.90 Å². The molecule has 21 heavy (non-hydrogen) atoms. The first-order valence-corrected chi connectivity index (χ1v) is 8.00. The summed E-state index contributed by atoms with van der Waals surface area (Å²) in [5.41, 5.74) is 7.16. The summed E-state index contributed by atoms with van der Waals surface area (Å²) in [4.78, 5) is 4.22. The number of halogens is 1. The van der Waals surface area contributed by atoms with Crippen LogP contribution in [-0.4, -0.2) is 24.2 Å². The molecule has 0 unspecified atom stereocenters. The second-order valence-corrected chi connectivity index (χ2v) is 6.67. The lowest BCUT2D eigenvalue weighted by Crippen LogP contribution is -2.01. The highest BCUT2D eigenvalue weighted by atomic mass is 32.2. The summed E-state index contributed by atoms with van der Waals surface area (Å²) in [6.45, 7) is 0. The fourth-order valence-corrected chi connectivity index (χ4v) is 3.10. The van der Waals surface area contributed by atoms with Crippen LogP contribution in [0.2, 0.25) is 0 Å². The maximum atomic E-state index is 13.4. The molecule has 0 fully saturated rings. The van der Waals surface area contributed by atoms with Gasteiger partial charge in [0.25, 0.3) is 0 Å². The molecule has 2 aromatic carbocycles. The monoisotopic (exact) mass is 305 g/mol. The summed E-state index contributed by atoms with van der Waals surface area (Å²) in [5.74, 6) is -0.306. The average molecular weight is 305 g/mol. The van der Waals surface area contributed by atoms with Crippen molar-refractivity contribution in [3.8, 4) is 5.69 Å². The van der Waals surface area contributed by atoms with E-state index in [4.69, 9.17) is 5.73 Å². The summed E-state index contributed by atoms with van der Waals surface area (Å²) >= 11 is 0. The molecule has 0 atom stereocenters. The zero-order chi connectivity index (χ0) is 15.2. The van der Waals surface area contributed by atoms with Crippen LogP contribution in [0, 0.1) is 5.82 Å². The number of anilines is 1. The van der Waals surface area contributed by atoms with Gasteiger partial charge in [0.05, 0.1) is 16.1 Å². The average Bonchev–Trinajstić information content (AvgIpc) is 2.73. The van der Waals surface area contributed by atoms with Gasteiger partial charge in [-0.05, 0) is 30.3 Å². The third-order valence-electron chi connectivity index (χ3n) is 3.14. The normalized spacial score (nSPS) is 11.9. The second kappa shape index (κ2) is 4.56. The first-order valence-electron chi connectivity index (χ1n) is 6.11. The number of imidazole rings is 1. The summed E-state index contributed by atoms with van der Waals surface area (Å²) in [7, 11) is -3.43. The van der Waals surface area contributed by atoms with E-state index in [1.807, 2.05) is 0 Å². The summed E-state index contributed by atoms with van der Waals surface area (Å²) in [5, 5.41) is 0. The Kier molecular flexibility index (Phi) is 2.94. The molecule has 0 bridgehead atoms. The molecular formula is C14H12FN3O2S. The highest BCUT2D eigenvalue weighted by Crippen LogP contribution is 2.27. The van der Waals surface area contributed by atoms with Gasteiger partial charge < -0.3 is 5.73 Å². The van der Waals surface area contributed by atoms with Gasteiger partial charge in [-0.25, -0.2) is 17.8 Å². The van der Waals surface area contributed by atoms with Crippen molar-refractivity contribution in [2.75, 3.05) is 12.0 Å². The fraction of sp³-hybridized carbons (Fsp3) is 0.0714. The topological polar surface area (TPSA) is 78.0 Å². The van der Waals surface area contributed by atoms with Gasteiger partial charge in [0, 0.05) is 6.26 Å². The van der Waals surface area contributed by atoms with Gasteiger partial charge in [-0.15, -0.1) is 0 Å². The number of nitrogen functional groups attached to an aromatic ring is 1. The summed E-state index contributed by atoms with van der Waals surface area (Å²) in [6.07, 6.45) is 1.11. The number of hydrogen-bond donors (Lipinski definition) is 1. The zero-order valence-corrected chi connectivity index (χ0v) is 11.9. The third-order valence-corrected chi connectivity index (χ3v) is 4.27. The number of aromatic nitrogens is 2. The number of fused-ring (bicyclic) bond motifs is 1. The number of sulfone groups is 1. The van der Waals surface area contributed by atoms with Crippen molar-refractivity contribution in [1.29, 1.82) is 0 Å². The number of nitrogens with zero attached hydrogens (tertiary/aromatic N) is 2. The summed E-state index contributed by atoms with van der Waals surface area (Å²) in [6, 6.07) is 10.6. The minimum atomic E-state index is -3.43. The van der Waals surface area contributed by atoms with Crippen molar-refractivity contribution >= 4 is 26.8 Å². The van der Waals surface area contributed by atoms with Crippen LogP contribution in [0.4, 0.5) is 10.3 Å². The number of nitrogens with two attached hydrogens (primary N) is 1. The van der Waals surface area contributed by atoms with Gasteiger partial charge >= 0.3 is 0 Å². The van der Waals surface area contributed by atoms with Gasteiger partial charge in [0.15, 0.2) is 9.84 Å². The standard InChI is InChI=1S/C14H12FN3O2S/c1-21(19,20)12-7-3-6-11-13(12)17-14(16)18(11)10-5-2-4-9(15)8-10/h2-8H,1H3,(H2,16,17). The van der Waals surface area contributed by atoms with E-state index >= 15 is 0 Å². The van der Waals surface area contributed by atoms with E-state index < -0.39 is 15.7 Å². The van der Waals surface area contributed by atoms with E-state index in [1.54, 1.807) is 24.3 Å².